The molecule has 0 saturated heterocycles. The van der Waals surface area contributed by atoms with E-state index in [-0.39, 0.29) is 0 Å². The first kappa shape index (κ1) is 14.9. The van der Waals surface area contributed by atoms with Gasteiger partial charge >= 0.3 is 0 Å². The molecule has 4 heterocycles. The fraction of sp³-hybridized carbons (Fsp3) is 0.222. The van der Waals surface area contributed by atoms with Crippen molar-refractivity contribution in [1.29, 1.82) is 0 Å². The second-order valence-electron chi connectivity index (χ2n) is 6.01. The summed E-state index contributed by atoms with van der Waals surface area (Å²) in [5.74, 6) is 1.64. The van der Waals surface area contributed by atoms with Crippen LogP contribution in [0.1, 0.15) is 22.6 Å². The van der Waals surface area contributed by atoms with Crippen LogP contribution in [0.2, 0.25) is 0 Å². The summed E-state index contributed by atoms with van der Waals surface area (Å²) in [7, 11) is 0. The van der Waals surface area contributed by atoms with Gasteiger partial charge in [0.15, 0.2) is 5.82 Å². The monoisotopic (exact) mass is 365 g/mol. The minimum atomic E-state index is 0.673. The summed E-state index contributed by atoms with van der Waals surface area (Å²) in [6.45, 7) is 0.673. The normalized spacial score (nSPS) is 13.3. The van der Waals surface area contributed by atoms with Gasteiger partial charge in [0.25, 0.3) is 0 Å². The minimum absolute atomic E-state index is 0.673. The van der Waals surface area contributed by atoms with E-state index in [0.717, 1.165) is 40.6 Å². The summed E-state index contributed by atoms with van der Waals surface area (Å²) in [6, 6.07) is 3.92. The molecule has 1 N–H and O–H groups in total. The first-order valence-corrected chi connectivity index (χ1v) is 9.98. The van der Waals surface area contributed by atoms with Crippen LogP contribution in [-0.4, -0.2) is 19.9 Å². The molecule has 4 aromatic heterocycles. The largest absolute Gasteiger partial charge is 0.364 e. The molecule has 0 bridgehead atoms. The Kier molecular flexibility index (Phi) is 3.68. The van der Waals surface area contributed by atoms with Gasteiger partial charge in [-0.05, 0) is 37.0 Å². The Morgan fingerprint density at radius 1 is 1.20 bits per heavy atom. The third-order valence-corrected chi connectivity index (χ3v) is 6.23. The van der Waals surface area contributed by atoms with Crippen LogP contribution < -0.4 is 5.32 Å². The molecule has 5 rings (SSSR count). The maximum absolute atomic E-state index is 4.84. The van der Waals surface area contributed by atoms with Crippen molar-refractivity contribution in [3.05, 3.63) is 51.6 Å². The molecular formula is C18H15N5S2. The van der Waals surface area contributed by atoms with Gasteiger partial charge in [-0.3, -0.25) is 4.98 Å². The van der Waals surface area contributed by atoms with Crippen LogP contribution in [0, 0.1) is 0 Å². The molecule has 0 saturated carbocycles. The molecule has 5 nitrogen and oxygen atoms in total. The van der Waals surface area contributed by atoms with Crippen LogP contribution in [0.4, 0.5) is 5.82 Å². The number of thiazole rings is 1. The van der Waals surface area contributed by atoms with Crippen molar-refractivity contribution >= 4 is 38.7 Å². The van der Waals surface area contributed by atoms with E-state index in [2.05, 4.69) is 20.7 Å². The third-order valence-electron chi connectivity index (χ3n) is 4.40. The van der Waals surface area contributed by atoms with Crippen molar-refractivity contribution in [3.8, 4) is 11.4 Å². The molecule has 0 amide bonds. The molecule has 0 aliphatic heterocycles. The molecule has 1 aliphatic carbocycles. The van der Waals surface area contributed by atoms with Crippen LogP contribution in [0.5, 0.6) is 0 Å². The second kappa shape index (κ2) is 6.16. The number of anilines is 1. The first-order valence-electron chi connectivity index (χ1n) is 8.22. The van der Waals surface area contributed by atoms with Gasteiger partial charge in [0.1, 0.15) is 10.6 Å². The highest BCUT2D eigenvalue weighted by Crippen LogP contribution is 2.40. The Morgan fingerprint density at radius 3 is 3.04 bits per heavy atom. The quantitative estimate of drug-likeness (QED) is 0.584. The summed E-state index contributed by atoms with van der Waals surface area (Å²) in [6.07, 6.45) is 7.09. The highest BCUT2D eigenvalue weighted by molar-refractivity contribution is 7.19. The van der Waals surface area contributed by atoms with E-state index in [9.17, 15) is 0 Å². The molecule has 0 atom stereocenters. The van der Waals surface area contributed by atoms with Gasteiger partial charge in [-0.15, -0.1) is 22.7 Å². The van der Waals surface area contributed by atoms with E-state index < -0.39 is 0 Å². The van der Waals surface area contributed by atoms with Gasteiger partial charge in [-0.25, -0.2) is 15.0 Å². The van der Waals surface area contributed by atoms with E-state index in [0.29, 0.717) is 6.54 Å². The zero-order valence-corrected chi connectivity index (χ0v) is 15.0. The number of pyridine rings is 1. The van der Waals surface area contributed by atoms with Crippen molar-refractivity contribution in [2.45, 2.75) is 25.8 Å². The van der Waals surface area contributed by atoms with Gasteiger partial charge in [-0.1, -0.05) is 0 Å². The molecule has 0 spiro atoms. The molecular weight excluding hydrogens is 350 g/mol. The van der Waals surface area contributed by atoms with Gasteiger partial charge in [0.2, 0.25) is 0 Å². The molecule has 0 fully saturated rings. The Bertz CT molecular complexity index is 1020. The Hall–Kier alpha value is -2.38. The van der Waals surface area contributed by atoms with Crippen molar-refractivity contribution in [2.24, 2.45) is 0 Å². The number of aryl methyl sites for hydroxylation is 2. The van der Waals surface area contributed by atoms with Gasteiger partial charge in [0, 0.05) is 28.2 Å². The van der Waals surface area contributed by atoms with Crippen LogP contribution >= 0.6 is 22.7 Å². The van der Waals surface area contributed by atoms with Crippen molar-refractivity contribution in [3.63, 3.8) is 0 Å². The fourth-order valence-electron chi connectivity index (χ4n) is 3.25. The predicted octanol–water partition coefficient (Wildman–Crippen LogP) is 4.31. The predicted molar refractivity (Wildman–Crippen MR) is 102 cm³/mol. The zero-order valence-electron chi connectivity index (χ0n) is 13.4. The number of nitrogens with one attached hydrogen (secondary N) is 1. The van der Waals surface area contributed by atoms with E-state index >= 15 is 0 Å². The van der Waals surface area contributed by atoms with E-state index in [1.807, 2.05) is 35.2 Å². The van der Waals surface area contributed by atoms with Gasteiger partial charge in [-0.2, -0.15) is 0 Å². The lowest BCUT2D eigenvalue weighted by molar-refractivity contribution is 0.917. The Balaban J connectivity index is 1.63. The lowest BCUT2D eigenvalue weighted by atomic mass is 10.2. The van der Waals surface area contributed by atoms with E-state index in [1.165, 1.54) is 22.2 Å². The molecule has 25 heavy (non-hydrogen) atoms. The number of aromatic nitrogens is 4. The lowest BCUT2D eigenvalue weighted by Gasteiger charge is -2.09. The third kappa shape index (κ3) is 2.69. The number of fused-ring (bicyclic) bond motifs is 3. The molecule has 4 aromatic rings. The number of rotatable bonds is 4. The van der Waals surface area contributed by atoms with Crippen molar-refractivity contribution < 1.29 is 0 Å². The molecule has 124 valence electrons. The van der Waals surface area contributed by atoms with Crippen molar-refractivity contribution in [2.75, 3.05) is 5.32 Å². The highest BCUT2D eigenvalue weighted by atomic mass is 32.1. The number of hydrogen-bond acceptors (Lipinski definition) is 7. The molecule has 7 heteroatoms. The SMILES string of the molecule is c1cncc(-c2nc(NCc3cscn3)c3c4c(sc3n2)CCC4)c1. The summed E-state index contributed by atoms with van der Waals surface area (Å²) >= 11 is 3.42. The van der Waals surface area contributed by atoms with Gasteiger partial charge < -0.3 is 5.32 Å². The molecule has 0 unspecified atom stereocenters. The zero-order chi connectivity index (χ0) is 16.6. The first-order chi connectivity index (χ1) is 12.4. The average molecular weight is 365 g/mol. The Morgan fingerprint density at radius 2 is 2.20 bits per heavy atom. The van der Waals surface area contributed by atoms with E-state index in [4.69, 9.17) is 9.97 Å². The van der Waals surface area contributed by atoms with E-state index in [1.54, 1.807) is 17.5 Å². The molecule has 1 aliphatic rings. The summed E-state index contributed by atoms with van der Waals surface area (Å²) in [5, 5.41) is 6.75. The maximum Gasteiger partial charge on any atom is 0.164 e. The van der Waals surface area contributed by atoms with Crippen LogP contribution in [-0.2, 0) is 19.4 Å². The minimum Gasteiger partial charge on any atom is -0.364 e. The smallest absolute Gasteiger partial charge is 0.164 e. The lowest BCUT2D eigenvalue weighted by Crippen LogP contribution is -2.04. The highest BCUT2D eigenvalue weighted by Gasteiger charge is 2.22. The number of nitrogens with zero attached hydrogens (tertiary/aromatic N) is 4. The fourth-order valence-corrected chi connectivity index (χ4v) is 5.07. The summed E-state index contributed by atoms with van der Waals surface area (Å²) in [5.41, 5.74) is 5.26. The summed E-state index contributed by atoms with van der Waals surface area (Å²) < 4.78 is 0. The van der Waals surface area contributed by atoms with Crippen LogP contribution in [0.3, 0.4) is 0 Å². The Labute approximate surface area is 152 Å². The molecule has 0 radical (unpaired) electrons. The second-order valence-corrected chi connectivity index (χ2v) is 7.81. The van der Waals surface area contributed by atoms with Gasteiger partial charge in [0.05, 0.1) is 23.1 Å². The summed E-state index contributed by atoms with van der Waals surface area (Å²) in [4.78, 5) is 20.8. The number of thiophene rings is 1. The standard InChI is InChI=1S/C18H15N5S2/c1-4-13-14(5-1)25-18-15(13)17(20-8-12-9-24-10-21-12)22-16(23-18)11-3-2-6-19-7-11/h2-3,6-7,9-10H,1,4-5,8H2,(H,20,22,23). The molecule has 0 aromatic carbocycles. The maximum atomic E-state index is 4.84. The number of hydrogen-bond donors (Lipinski definition) is 1. The van der Waals surface area contributed by atoms with Crippen molar-refractivity contribution in [1.82, 2.24) is 19.9 Å². The van der Waals surface area contributed by atoms with Crippen LogP contribution in [0.25, 0.3) is 21.6 Å². The average Bonchev–Trinajstić information content (AvgIpc) is 3.37. The topological polar surface area (TPSA) is 63.6 Å². The van der Waals surface area contributed by atoms with Crippen LogP contribution in [0.15, 0.2) is 35.4 Å².